The molecule has 4 rings (SSSR count). The summed E-state index contributed by atoms with van der Waals surface area (Å²) in [5, 5.41) is 11.7. The predicted molar refractivity (Wildman–Crippen MR) is 134 cm³/mol. The van der Waals surface area contributed by atoms with Gasteiger partial charge >= 0.3 is 11.9 Å². The molecule has 0 aliphatic heterocycles. The standard InChI is InChI=1S/C29H27ClO6/c1-29(34)16-23(31)25(27(32)35-17-19-8-4-2-5-9-19)24(21-12-14-22(30)15-13-21)26(29)28(33)36-18-20-10-6-3-7-11-20/h2-15,24-26,34H,16-18H2,1H3/t24-,25+,26+,29+/m1/s1. The minimum atomic E-state index is -1.73. The molecule has 0 unspecified atom stereocenters. The van der Waals surface area contributed by atoms with Crippen molar-refractivity contribution in [2.45, 2.75) is 38.1 Å². The van der Waals surface area contributed by atoms with Crippen LogP contribution in [0.15, 0.2) is 84.9 Å². The number of aliphatic hydroxyl groups is 1. The normalized spacial score (nSPS) is 23.6. The first-order valence-electron chi connectivity index (χ1n) is 11.7. The quantitative estimate of drug-likeness (QED) is 0.363. The molecule has 4 atom stereocenters. The van der Waals surface area contributed by atoms with E-state index in [0.717, 1.165) is 11.1 Å². The lowest BCUT2D eigenvalue weighted by molar-refractivity contribution is -0.174. The average molecular weight is 507 g/mol. The molecule has 7 heteroatoms. The minimum absolute atomic E-state index is 0.00332. The molecule has 0 spiro atoms. The first-order valence-corrected chi connectivity index (χ1v) is 12.1. The summed E-state index contributed by atoms with van der Waals surface area (Å²) in [6, 6.07) is 24.8. The lowest BCUT2D eigenvalue weighted by atomic mass is 9.62. The number of carbonyl (C=O) groups excluding carboxylic acids is 3. The number of esters is 2. The Morgan fingerprint density at radius 3 is 1.89 bits per heavy atom. The second-order valence-corrected chi connectivity index (χ2v) is 9.66. The van der Waals surface area contributed by atoms with Gasteiger partial charge in [0.05, 0.1) is 11.5 Å². The number of Topliss-reactive ketones (excluding diaryl/α,β-unsaturated/α-hetero) is 1. The molecular weight excluding hydrogens is 480 g/mol. The average Bonchev–Trinajstić information content (AvgIpc) is 2.86. The molecule has 1 saturated carbocycles. The van der Waals surface area contributed by atoms with Gasteiger partial charge in [-0.2, -0.15) is 0 Å². The fraction of sp³-hybridized carbons (Fsp3) is 0.276. The number of carbonyl (C=O) groups is 3. The molecule has 1 aliphatic carbocycles. The lowest BCUT2D eigenvalue weighted by Crippen LogP contribution is -2.55. The predicted octanol–water partition coefficient (Wildman–Crippen LogP) is 4.87. The van der Waals surface area contributed by atoms with Crippen molar-refractivity contribution in [3.63, 3.8) is 0 Å². The summed E-state index contributed by atoms with van der Waals surface area (Å²) in [4.78, 5) is 39.9. The summed E-state index contributed by atoms with van der Waals surface area (Å²) < 4.78 is 11.1. The van der Waals surface area contributed by atoms with Crippen molar-refractivity contribution >= 4 is 29.3 Å². The highest BCUT2D eigenvalue weighted by Gasteiger charge is 2.57. The molecule has 1 N–H and O–H groups in total. The molecule has 0 bridgehead atoms. The number of halogens is 1. The van der Waals surface area contributed by atoms with Gasteiger partial charge in [0.1, 0.15) is 19.1 Å². The van der Waals surface area contributed by atoms with Gasteiger partial charge in [-0.3, -0.25) is 14.4 Å². The Balaban J connectivity index is 1.66. The lowest BCUT2D eigenvalue weighted by Gasteiger charge is -2.43. The molecule has 3 aromatic rings. The second kappa shape index (κ2) is 11.1. The molecular formula is C29H27ClO6. The largest absolute Gasteiger partial charge is 0.461 e. The number of ether oxygens (including phenoxy) is 2. The van der Waals surface area contributed by atoms with Crippen molar-refractivity contribution in [2.24, 2.45) is 11.8 Å². The van der Waals surface area contributed by atoms with Crippen LogP contribution in [-0.4, -0.2) is 28.4 Å². The van der Waals surface area contributed by atoms with Gasteiger partial charge in [-0.05, 0) is 35.7 Å². The Bertz CT molecular complexity index is 1210. The summed E-state index contributed by atoms with van der Waals surface area (Å²) in [6.07, 6.45) is -0.382. The molecule has 0 aromatic heterocycles. The topological polar surface area (TPSA) is 89.9 Å². The zero-order valence-corrected chi connectivity index (χ0v) is 20.6. The number of hydrogen-bond acceptors (Lipinski definition) is 6. The van der Waals surface area contributed by atoms with Gasteiger partial charge in [-0.1, -0.05) is 84.4 Å². The van der Waals surface area contributed by atoms with Crippen LogP contribution in [0.2, 0.25) is 5.02 Å². The second-order valence-electron chi connectivity index (χ2n) is 9.22. The van der Waals surface area contributed by atoms with E-state index < -0.39 is 41.1 Å². The number of hydrogen-bond donors (Lipinski definition) is 1. The van der Waals surface area contributed by atoms with Crippen LogP contribution in [0.4, 0.5) is 0 Å². The van der Waals surface area contributed by atoms with Gasteiger partial charge in [0.25, 0.3) is 0 Å². The highest BCUT2D eigenvalue weighted by molar-refractivity contribution is 6.30. The highest BCUT2D eigenvalue weighted by atomic mass is 35.5. The summed E-state index contributed by atoms with van der Waals surface area (Å²) in [6.45, 7) is 1.40. The molecule has 3 aromatic carbocycles. The molecule has 36 heavy (non-hydrogen) atoms. The van der Waals surface area contributed by atoms with Gasteiger partial charge in [0.15, 0.2) is 5.78 Å². The summed E-state index contributed by atoms with van der Waals surface area (Å²) in [5.41, 5.74) is 0.323. The third-order valence-electron chi connectivity index (χ3n) is 6.48. The molecule has 1 aliphatic rings. The van der Waals surface area contributed by atoms with Gasteiger partial charge in [-0.25, -0.2) is 0 Å². The van der Waals surface area contributed by atoms with Crippen LogP contribution in [0.3, 0.4) is 0 Å². The van der Waals surface area contributed by atoms with Crippen molar-refractivity contribution in [1.82, 2.24) is 0 Å². The third-order valence-corrected chi connectivity index (χ3v) is 6.73. The minimum Gasteiger partial charge on any atom is -0.461 e. The van der Waals surface area contributed by atoms with Crippen LogP contribution in [0.1, 0.15) is 36.0 Å². The molecule has 0 saturated heterocycles. The maximum Gasteiger partial charge on any atom is 0.317 e. The summed E-state index contributed by atoms with van der Waals surface area (Å²) >= 11 is 6.07. The zero-order valence-electron chi connectivity index (χ0n) is 19.8. The molecule has 186 valence electrons. The highest BCUT2D eigenvalue weighted by Crippen LogP contribution is 2.47. The van der Waals surface area contributed by atoms with Crippen molar-refractivity contribution in [1.29, 1.82) is 0 Å². The van der Waals surface area contributed by atoms with E-state index in [-0.39, 0.29) is 19.6 Å². The van der Waals surface area contributed by atoms with Crippen molar-refractivity contribution in [2.75, 3.05) is 0 Å². The molecule has 0 amide bonds. The van der Waals surface area contributed by atoms with E-state index >= 15 is 0 Å². The van der Waals surface area contributed by atoms with Crippen molar-refractivity contribution in [3.8, 4) is 0 Å². The molecule has 1 fully saturated rings. The van der Waals surface area contributed by atoms with E-state index in [9.17, 15) is 19.5 Å². The van der Waals surface area contributed by atoms with Crippen LogP contribution < -0.4 is 0 Å². The van der Waals surface area contributed by atoms with Crippen LogP contribution in [0, 0.1) is 11.8 Å². The SMILES string of the molecule is C[C@]1(O)CC(=O)[C@H](C(=O)OCc2ccccc2)[C@@H](c2ccc(Cl)cc2)[C@H]1C(=O)OCc1ccccc1. The molecule has 0 radical (unpaired) electrons. The van der Waals surface area contributed by atoms with Crippen molar-refractivity contribution < 1.29 is 29.0 Å². The van der Waals surface area contributed by atoms with E-state index in [4.69, 9.17) is 21.1 Å². The Kier molecular flexibility index (Phi) is 7.87. The maximum atomic E-state index is 13.4. The first-order chi connectivity index (χ1) is 17.3. The van der Waals surface area contributed by atoms with Crippen LogP contribution >= 0.6 is 11.6 Å². The van der Waals surface area contributed by atoms with E-state index in [0.29, 0.717) is 10.6 Å². The maximum absolute atomic E-state index is 13.4. The van der Waals surface area contributed by atoms with Gasteiger partial charge < -0.3 is 14.6 Å². The van der Waals surface area contributed by atoms with Gasteiger partial charge in [0, 0.05) is 17.4 Å². The number of rotatable bonds is 7. The fourth-order valence-corrected chi connectivity index (χ4v) is 4.86. The summed E-state index contributed by atoms with van der Waals surface area (Å²) in [5.74, 6) is -5.41. The molecule has 0 heterocycles. The van der Waals surface area contributed by atoms with Gasteiger partial charge in [-0.15, -0.1) is 0 Å². The molecule has 6 nitrogen and oxygen atoms in total. The zero-order chi connectivity index (χ0) is 25.7. The fourth-order valence-electron chi connectivity index (χ4n) is 4.74. The van der Waals surface area contributed by atoms with Gasteiger partial charge in [0.2, 0.25) is 0 Å². The van der Waals surface area contributed by atoms with Crippen LogP contribution in [0.5, 0.6) is 0 Å². The van der Waals surface area contributed by atoms with E-state index in [1.165, 1.54) is 6.92 Å². The Hall–Kier alpha value is -3.48. The van der Waals surface area contributed by atoms with Crippen LogP contribution in [-0.2, 0) is 37.1 Å². The Morgan fingerprint density at radius 2 is 1.36 bits per heavy atom. The summed E-state index contributed by atoms with van der Waals surface area (Å²) in [7, 11) is 0. The Morgan fingerprint density at radius 1 is 0.861 bits per heavy atom. The van der Waals surface area contributed by atoms with E-state index in [1.54, 1.807) is 36.4 Å². The van der Waals surface area contributed by atoms with E-state index in [1.807, 2.05) is 48.5 Å². The van der Waals surface area contributed by atoms with Crippen molar-refractivity contribution in [3.05, 3.63) is 107 Å². The first kappa shape index (κ1) is 25.6. The Labute approximate surface area is 214 Å². The number of ketones is 1. The monoisotopic (exact) mass is 506 g/mol. The smallest absolute Gasteiger partial charge is 0.317 e. The van der Waals surface area contributed by atoms with Crippen LogP contribution in [0.25, 0.3) is 0 Å². The third kappa shape index (κ3) is 5.83. The van der Waals surface area contributed by atoms with E-state index in [2.05, 4.69) is 0 Å². The number of benzene rings is 3.